The number of aromatic nitrogens is 2. The van der Waals surface area contributed by atoms with E-state index in [2.05, 4.69) is 15.3 Å². The molecule has 0 aliphatic rings. The highest BCUT2D eigenvalue weighted by molar-refractivity contribution is 5.90. The number of nitrogens with one attached hydrogen (secondary N) is 1. The van der Waals surface area contributed by atoms with Crippen molar-refractivity contribution in [2.45, 2.75) is 20.4 Å². The van der Waals surface area contributed by atoms with E-state index < -0.39 is 0 Å². The summed E-state index contributed by atoms with van der Waals surface area (Å²) < 4.78 is 5.47. The van der Waals surface area contributed by atoms with E-state index in [1.165, 1.54) is 0 Å². The minimum atomic E-state index is -0.313. The van der Waals surface area contributed by atoms with Gasteiger partial charge >= 0.3 is 0 Å². The lowest BCUT2D eigenvalue weighted by Gasteiger charge is -2.10. The van der Waals surface area contributed by atoms with Crippen molar-refractivity contribution in [1.29, 1.82) is 0 Å². The first-order chi connectivity index (χ1) is 10.1. The second kappa shape index (κ2) is 6.81. The summed E-state index contributed by atoms with van der Waals surface area (Å²) in [6, 6.07) is 9.19. The van der Waals surface area contributed by atoms with Crippen LogP contribution in [0.2, 0.25) is 0 Å². The molecule has 0 spiro atoms. The summed E-state index contributed by atoms with van der Waals surface area (Å²) in [5.41, 5.74) is 8.06. The Hall–Kier alpha value is -2.47. The number of aryl methyl sites for hydroxylation is 2. The number of ether oxygens (including phenoxy) is 1. The largest absolute Gasteiger partial charge is 0.483 e. The van der Waals surface area contributed by atoms with E-state index in [4.69, 9.17) is 10.5 Å². The number of carbonyl (C=O) groups is 1. The number of hydrogen-bond donors (Lipinski definition) is 2. The average Bonchev–Trinajstić information content (AvgIpc) is 2.44. The van der Waals surface area contributed by atoms with Gasteiger partial charge in [-0.3, -0.25) is 10.1 Å². The van der Waals surface area contributed by atoms with Gasteiger partial charge in [0.15, 0.2) is 6.61 Å². The Morgan fingerprint density at radius 2 is 1.90 bits per heavy atom. The summed E-state index contributed by atoms with van der Waals surface area (Å²) in [7, 11) is 0. The number of nitrogens with two attached hydrogens (primary N) is 1. The fraction of sp³-hybridized carbons (Fsp3) is 0.267. The molecule has 2 rings (SSSR count). The topological polar surface area (TPSA) is 90.1 Å². The van der Waals surface area contributed by atoms with Gasteiger partial charge in [-0.15, -0.1) is 0 Å². The van der Waals surface area contributed by atoms with Crippen LogP contribution in [0.1, 0.15) is 17.0 Å². The minimum Gasteiger partial charge on any atom is -0.483 e. The molecule has 1 amide bonds. The van der Waals surface area contributed by atoms with Gasteiger partial charge in [-0.1, -0.05) is 18.2 Å². The average molecular weight is 286 g/mol. The number of carbonyl (C=O) groups excluding carboxylic acids is 1. The smallest absolute Gasteiger partial charge is 0.264 e. The quantitative estimate of drug-likeness (QED) is 0.870. The van der Waals surface area contributed by atoms with Crippen LogP contribution in [0, 0.1) is 13.8 Å². The second-order valence-corrected chi connectivity index (χ2v) is 4.62. The van der Waals surface area contributed by atoms with Crippen LogP contribution in [0.4, 0.5) is 5.95 Å². The maximum Gasteiger partial charge on any atom is 0.264 e. The molecule has 1 aromatic heterocycles. The van der Waals surface area contributed by atoms with E-state index in [0.717, 1.165) is 17.0 Å². The van der Waals surface area contributed by atoms with Crippen molar-refractivity contribution in [2.75, 3.05) is 11.9 Å². The molecule has 0 atom stereocenters. The van der Waals surface area contributed by atoms with Gasteiger partial charge in [0.25, 0.3) is 5.91 Å². The molecule has 0 saturated carbocycles. The number of benzene rings is 1. The van der Waals surface area contributed by atoms with Gasteiger partial charge in [0.05, 0.1) is 0 Å². The molecule has 0 bridgehead atoms. The summed E-state index contributed by atoms with van der Waals surface area (Å²) >= 11 is 0. The van der Waals surface area contributed by atoms with Crippen molar-refractivity contribution in [1.82, 2.24) is 9.97 Å². The molecular formula is C15H18N4O2. The fourth-order valence-electron chi connectivity index (χ4n) is 1.90. The number of anilines is 1. The number of hydrogen-bond acceptors (Lipinski definition) is 5. The van der Waals surface area contributed by atoms with Gasteiger partial charge in [0.1, 0.15) is 5.75 Å². The van der Waals surface area contributed by atoms with Crippen LogP contribution < -0.4 is 15.8 Å². The predicted octanol–water partition coefficient (Wildman–Crippen LogP) is 1.57. The summed E-state index contributed by atoms with van der Waals surface area (Å²) in [4.78, 5) is 20.1. The molecule has 21 heavy (non-hydrogen) atoms. The molecule has 110 valence electrons. The molecule has 0 aliphatic carbocycles. The molecular weight excluding hydrogens is 268 g/mol. The highest BCUT2D eigenvalue weighted by Gasteiger charge is 2.08. The second-order valence-electron chi connectivity index (χ2n) is 4.62. The third-order valence-corrected chi connectivity index (χ3v) is 2.78. The highest BCUT2D eigenvalue weighted by Crippen LogP contribution is 2.16. The number of para-hydroxylation sites is 1. The third kappa shape index (κ3) is 4.25. The van der Waals surface area contributed by atoms with Gasteiger partial charge in [-0.05, 0) is 26.0 Å². The Morgan fingerprint density at radius 1 is 1.24 bits per heavy atom. The monoisotopic (exact) mass is 286 g/mol. The SMILES string of the molecule is Cc1cc(C)nc(NC(=O)COc2ccccc2CN)n1. The summed E-state index contributed by atoms with van der Waals surface area (Å²) in [6.07, 6.45) is 0. The normalized spacial score (nSPS) is 10.2. The Bertz CT molecular complexity index is 623. The van der Waals surface area contributed by atoms with Crippen LogP contribution in [0.25, 0.3) is 0 Å². The maximum atomic E-state index is 11.9. The van der Waals surface area contributed by atoms with E-state index in [-0.39, 0.29) is 18.5 Å². The van der Waals surface area contributed by atoms with Crippen LogP contribution in [0.5, 0.6) is 5.75 Å². The molecule has 6 heteroatoms. The molecule has 6 nitrogen and oxygen atoms in total. The maximum absolute atomic E-state index is 11.9. The zero-order valence-corrected chi connectivity index (χ0v) is 12.1. The van der Waals surface area contributed by atoms with E-state index in [9.17, 15) is 4.79 Å². The van der Waals surface area contributed by atoms with Crippen molar-refractivity contribution >= 4 is 11.9 Å². The highest BCUT2D eigenvalue weighted by atomic mass is 16.5. The van der Waals surface area contributed by atoms with Crippen LogP contribution >= 0.6 is 0 Å². The molecule has 0 saturated heterocycles. The van der Waals surface area contributed by atoms with Crippen LogP contribution in [-0.4, -0.2) is 22.5 Å². The van der Waals surface area contributed by atoms with Crippen molar-refractivity contribution in [2.24, 2.45) is 5.73 Å². The Balaban J connectivity index is 1.96. The molecule has 3 N–H and O–H groups in total. The van der Waals surface area contributed by atoms with E-state index >= 15 is 0 Å². The minimum absolute atomic E-state index is 0.118. The molecule has 2 aromatic rings. The van der Waals surface area contributed by atoms with Crippen molar-refractivity contribution in [3.63, 3.8) is 0 Å². The van der Waals surface area contributed by atoms with E-state index in [1.54, 1.807) is 6.07 Å². The summed E-state index contributed by atoms with van der Waals surface area (Å²) in [6.45, 7) is 3.93. The lowest BCUT2D eigenvalue weighted by molar-refractivity contribution is -0.118. The lowest BCUT2D eigenvalue weighted by atomic mass is 10.2. The molecule has 0 radical (unpaired) electrons. The van der Waals surface area contributed by atoms with Gasteiger partial charge in [-0.2, -0.15) is 0 Å². The molecule has 0 fully saturated rings. The number of amides is 1. The lowest BCUT2D eigenvalue weighted by Crippen LogP contribution is -2.22. The standard InChI is InChI=1S/C15H18N4O2/c1-10-7-11(2)18-15(17-10)19-14(20)9-21-13-6-4-3-5-12(13)8-16/h3-7H,8-9,16H2,1-2H3,(H,17,18,19,20). The Labute approximate surface area is 123 Å². The van der Waals surface area contributed by atoms with Crippen molar-refractivity contribution in [3.05, 3.63) is 47.3 Å². The van der Waals surface area contributed by atoms with E-state index in [1.807, 2.05) is 38.1 Å². The predicted molar refractivity (Wildman–Crippen MR) is 80.0 cm³/mol. The first-order valence-corrected chi connectivity index (χ1v) is 6.61. The van der Waals surface area contributed by atoms with E-state index in [0.29, 0.717) is 12.3 Å². The van der Waals surface area contributed by atoms with Gasteiger partial charge in [0.2, 0.25) is 5.95 Å². The van der Waals surface area contributed by atoms with Gasteiger partial charge in [-0.25, -0.2) is 9.97 Å². The van der Waals surface area contributed by atoms with Crippen molar-refractivity contribution < 1.29 is 9.53 Å². The van der Waals surface area contributed by atoms with Gasteiger partial charge in [0, 0.05) is 23.5 Å². The van der Waals surface area contributed by atoms with Crippen LogP contribution in [-0.2, 0) is 11.3 Å². The summed E-state index contributed by atoms with van der Waals surface area (Å²) in [5, 5.41) is 2.61. The molecule has 0 unspecified atom stereocenters. The zero-order chi connectivity index (χ0) is 15.2. The molecule has 1 aromatic carbocycles. The van der Waals surface area contributed by atoms with Crippen LogP contribution in [0.3, 0.4) is 0 Å². The zero-order valence-electron chi connectivity index (χ0n) is 12.1. The first kappa shape index (κ1) is 14.9. The molecule has 1 heterocycles. The summed E-state index contributed by atoms with van der Waals surface area (Å²) in [5.74, 6) is 0.580. The molecule has 0 aliphatic heterocycles. The third-order valence-electron chi connectivity index (χ3n) is 2.78. The number of nitrogens with zero attached hydrogens (tertiary/aromatic N) is 2. The van der Waals surface area contributed by atoms with Crippen molar-refractivity contribution in [3.8, 4) is 5.75 Å². The van der Waals surface area contributed by atoms with Crippen LogP contribution in [0.15, 0.2) is 30.3 Å². The Morgan fingerprint density at radius 3 is 2.57 bits per heavy atom. The number of rotatable bonds is 5. The first-order valence-electron chi connectivity index (χ1n) is 6.61. The van der Waals surface area contributed by atoms with Gasteiger partial charge < -0.3 is 10.5 Å². The Kier molecular flexibility index (Phi) is 4.84. The fourth-order valence-corrected chi connectivity index (χ4v) is 1.90.